The van der Waals surface area contributed by atoms with Gasteiger partial charge in [-0.15, -0.1) is 0 Å². The molecule has 1 aliphatic rings. The zero-order valence-corrected chi connectivity index (χ0v) is 8.54. The average Bonchev–Trinajstić information content (AvgIpc) is 2.01. The third kappa shape index (κ3) is 3.76. The summed E-state index contributed by atoms with van der Waals surface area (Å²) in [7, 11) is 2.03. The minimum absolute atomic E-state index is 0.711. The average molecular weight is 157 g/mol. The summed E-state index contributed by atoms with van der Waals surface area (Å²) in [5.41, 5.74) is 0.711. The molecule has 0 spiro atoms. The largest absolute Gasteiger partial charge is 0.320 e. The summed E-state index contributed by atoms with van der Waals surface area (Å²) in [4.78, 5) is 0. The highest BCUT2D eigenvalue weighted by molar-refractivity contribution is 4.83. The lowest BCUT2D eigenvalue weighted by molar-refractivity contribution is 0.147. The van der Waals surface area contributed by atoms with E-state index in [0.29, 0.717) is 5.41 Å². The Balaban J connectivity index is 0.000000461. The third-order valence-corrected chi connectivity index (χ3v) is 2.54. The van der Waals surface area contributed by atoms with Gasteiger partial charge >= 0.3 is 0 Å². The van der Waals surface area contributed by atoms with Crippen LogP contribution in [0, 0.1) is 5.41 Å². The SMILES string of the molecule is CC.CNCCC1(C)CCC1. The highest BCUT2D eigenvalue weighted by Crippen LogP contribution is 2.42. The van der Waals surface area contributed by atoms with E-state index < -0.39 is 0 Å². The van der Waals surface area contributed by atoms with E-state index in [9.17, 15) is 0 Å². The Morgan fingerprint density at radius 2 is 1.82 bits per heavy atom. The van der Waals surface area contributed by atoms with Crippen LogP contribution in [-0.2, 0) is 0 Å². The van der Waals surface area contributed by atoms with Crippen LogP contribution >= 0.6 is 0 Å². The van der Waals surface area contributed by atoms with Gasteiger partial charge in [0, 0.05) is 0 Å². The Morgan fingerprint density at radius 3 is 2.09 bits per heavy atom. The van der Waals surface area contributed by atoms with Crippen LogP contribution in [0.25, 0.3) is 0 Å². The van der Waals surface area contributed by atoms with Gasteiger partial charge in [0.25, 0.3) is 0 Å². The van der Waals surface area contributed by atoms with Crippen LogP contribution in [0.4, 0.5) is 0 Å². The molecule has 0 saturated heterocycles. The first-order valence-corrected chi connectivity index (χ1v) is 4.91. The van der Waals surface area contributed by atoms with E-state index in [2.05, 4.69) is 12.2 Å². The van der Waals surface area contributed by atoms with Crippen LogP contribution < -0.4 is 5.32 Å². The van der Waals surface area contributed by atoms with Crippen LogP contribution in [0.5, 0.6) is 0 Å². The summed E-state index contributed by atoms with van der Waals surface area (Å²) in [5.74, 6) is 0. The van der Waals surface area contributed by atoms with Crippen LogP contribution in [0.15, 0.2) is 0 Å². The molecule has 1 saturated carbocycles. The van der Waals surface area contributed by atoms with Gasteiger partial charge in [-0.3, -0.25) is 0 Å². The molecule has 0 amide bonds. The van der Waals surface area contributed by atoms with Crippen molar-refractivity contribution in [2.24, 2.45) is 5.41 Å². The Kier molecular flexibility index (Phi) is 5.57. The van der Waals surface area contributed by atoms with Gasteiger partial charge in [0.15, 0.2) is 0 Å². The second-order valence-corrected chi connectivity index (χ2v) is 3.52. The summed E-state index contributed by atoms with van der Waals surface area (Å²) >= 11 is 0. The fourth-order valence-corrected chi connectivity index (χ4v) is 1.46. The van der Waals surface area contributed by atoms with Crippen molar-refractivity contribution in [2.45, 2.75) is 46.5 Å². The van der Waals surface area contributed by atoms with Gasteiger partial charge in [0.1, 0.15) is 0 Å². The molecule has 0 aliphatic heterocycles. The summed E-state index contributed by atoms with van der Waals surface area (Å²) in [6.45, 7) is 7.59. The smallest absolute Gasteiger partial charge is 0.00467 e. The molecule has 1 aliphatic carbocycles. The highest BCUT2D eigenvalue weighted by Gasteiger charge is 2.30. The molecule has 0 atom stereocenters. The molecular formula is C10H23N. The molecule has 1 fully saturated rings. The second-order valence-electron chi connectivity index (χ2n) is 3.52. The monoisotopic (exact) mass is 157 g/mol. The van der Waals surface area contributed by atoms with E-state index in [0.717, 1.165) is 0 Å². The lowest BCUT2D eigenvalue weighted by Crippen LogP contribution is -2.29. The van der Waals surface area contributed by atoms with E-state index in [1.807, 2.05) is 20.9 Å². The molecular weight excluding hydrogens is 134 g/mol. The van der Waals surface area contributed by atoms with Crippen molar-refractivity contribution in [1.29, 1.82) is 0 Å². The van der Waals surface area contributed by atoms with Gasteiger partial charge in [-0.05, 0) is 38.3 Å². The third-order valence-electron chi connectivity index (χ3n) is 2.54. The fraction of sp³-hybridized carbons (Fsp3) is 1.00. The van der Waals surface area contributed by atoms with Crippen LogP contribution in [-0.4, -0.2) is 13.6 Å². The Morgan fingerprint density at radius 1 is 1.27 bits per heavy atom. The molecule has 0 aromatic carbocycles. The summed E-state index contributed by atoms with van der Waals surface area (Å²) in [5, 5.41) is 3.19. The molecule has 0 bridgehead atoms. The number of hydrogen-bond donors (Lipinski definition) is 1. The predicted octanol–water partition coefficient (Wildman–Crippen LogP) is 2.81. The Hall–Kier alpha value is -0.0400. The summed E-state index contributed by atoms with van der Waals surface area (Å²) in [6.07, 6.45) is 5.73. The molecule has 0 unspecified atom stereocenters. The number of rotatable bonds is 3. The van der Waals surface area contributed by atoms with Crippen molar-refractivity contribution < 1.29 is 0 Å². The van der Waals surface area contributed by atoms with Gasteiger partial charge in [-0.2, -0.15) is 0 Å². The van der Waals surface area contributed by atoms with Crippen molar-refractivity contribution in [3.63, 3.8) is 0 Å². The minimum Gasteiger partial charge on any atom is -0.320 e. The maximum absolute atomic E-state index is 3.19. The second kappa shape index (κ2) is 5.59. The normalized spacial score (nSPS) is 19.6. The molecule has 0 aromatic heterocycles. The first kappa shape index (κ1) is 11.0. The molecule has 68 valence electrons. The van der Waals surface area contributed by atoms with E-state index in [4.69, 9.17) is 0 Å². The summed E-state index contributed by atoms with van der Waals surface area (Å²) < 4.78 is 0. The van der Waals surface area contributed by atoms with E-state index in [1.54, 1.807) is 0 Å². The topological polar surface area (TPSA) is 12.0 Å². The molecule has 0 heterocycles. The lowest BCUT2D eigenvalue weighted by atomic mass is 9.68. The lowest BCUT2D eigenvalue weighted by Gasteiger charge is -2.38. The van der Waals surface area contributed by atoms with E-state index in [-0.39, 0.29) is 0 Å². The van der Waals surface area contributed by atoms with E-state index in [1.165, 1.54) is 32.2 Å². The van der Waals surface area contributed by atoms with Gasteiger partial charge in [0.2, 0.25) is 0 Å². The molecule has 0 aromatic rings. The van der Waals surface area contributed by atoms with Crippen LogP contribution in [0.1, 0.15) is 46.5 Å². The zero-order valence-electron chi connectivity index (χ0n) is 8.54. The Bertz CT molecular complexity index is 84.9. The molecule has 0 radical (unpaired) electrons. The minimum atomic E-state index is 0.711. The first-order valence-electron chi connectivity index (χ1n) is 4.91. The van der Waals surface area contributed by atoms with E-state index >= 15 is 0 Å². The van der Waals surface area contributed by atoms with Gasteiger partial charge in [0.05, 0.1) is 0 Å². The highest BCUT2D eigenvalue weighted by atomic mass is 14.8. The van der Waals surface area contributed by atoms with Gasteiger partial charge in [-0.25, -0.2) is 0 Å². The van der Waals surface area contributed by atoms with Gasteiger partial charge < -0.3 is 5.32 Å². The van der Waals surface area contributed by atoms with Crippen molar-refractivity contribution in [3.8, 4) is 0 Å². The summed E-state index contributed by atoms with van der Waals surface area (Å²) in [6, 6.07) is 0. The molecule has 1 N–H and O–H groups in total. The van der Waals surface area contributed by atoms with Crippen molar-refractivity contribution in [1.82, 2.24) is 5.32 Å². The van der Waals surface area contributed by atoms with Gasteiger partial charge in [-0.1, -0.05) is 27.2 Å². The molecule has 1 nitrogen and oxygen atoms in total. The Labute approximate surface area is 71.6 Å². The maximum Gasteiger partial charge on any atom is -0.00467 e. The number of hydrogen-bond acceptors (Lipinski definition) is 1. The molecule has 1 heteroatoms. The van der Waals surface area contributed by atoms with Crippen molar-refractivity contribution >= 4 is 0 Å². The predicted molar refractivity (Wildman–Crippen MR) is 51.8 cm³/mol. The zero-order chi connectivity index (χ0) is 8.74. The first-order chi connectivity index (χ1) is 5.27. The quantitative estimate of drug-likeness (QED) is 0.664. The fourth-order valence-electron chi connectivity index (χ4n) is 1.46. The molecule has 11 heavy (non-hydrogen) atoms. The van der Waals surface area contributed by atoms with Crippen LogP contribution in [0.3, 0.4) is 0 Å². The van der Waals surface area contributed by atoms with Crippen LogP contribution in [0.2, 0.25) is 0 Å². The maximum atomic E-state index is 3.19. The van der Waals surface area contributed by atoms with Crippen molar-refractivity contribution in [3.05, 3.63) is 0 Å². The molecule has 1 rings (SSSR count). The number of nitrogens with one attached hydrogen (secondary N) is 1. The standard InChI is InChI=1S/C8H17N.C2H6/c1-8(4-3-5-8)6-7-9-2;1-2/h9H,3-7H2,1-2H3;1-2H3. The van der Waals surface area contributed by atoms with Crippen molar-refractivity contribution in [2.75, 3.05) is 13.6 Å².